The summed E-state index contributed by atoms with van der Waals surface area (Å²) in [7, 11) is 1.58. The Morgan fingerprint density at radius 3 is 2.42 bits per heavy atom. The second-order valence-electron chi connectivity index (χ2n) is 8.32. The second-order valence-corrected chi connectivity index (χ2v) is 8.32. The van der Waals surface area contributed by atoms with Gasteiger partial charge in [0.2, 0.25) is 0 Å². The van der Waals surface area contributed by atoms with Crippen LogP contribution in [0.15, 0.2) is 96.3 Å². The van der Waals surface area contributed by atoms with Gasteiger partial charge in [-0.1, -0.05) is 50.8 Å². The van der Waals surface area contributed by atoms with Gasteiger partial charge in [0.1, 0.15) is 29.7 Å². The van der Waals surface area contributed by atoms with Crippen LogP contribution in [0.1, 0.15) is 19.4 Å². The van der Waals surface area contributed by atoms with Gasteiger partial charge in [0.05, 0.1) is 12.8 Å². The Bertz CT molecular complexity index is 1250. The van der Waals surface area contributed by atoms with Crippen LogP contribution in [-0.4, -0.2) is 44.2 Å². The number of rotatable bonds is 13. The number of likely N-dealkylation sites (N-methyl/N-ethyl adjacent to an activating group) is 1. The maximum atomic E-state index is 14.0. The number of ether oxygens (including phenoxy) is 2. The fourth-order valence-electron chi connectivity index (χ4n) is 3.80. The summed E-state index contributed by atoms with van der Waals surface area (Å²) in [5, 5.41) is 6.36. The van der Waals surface area contributed by atoms with Crippen LogP contribution in [0.25, 0.3) is 5.57 Å². The second kappa shape index (κ2) is 14.4. The molecule has 0 radical (unpaired) electrons. The van der Waals surface area contributed by atoms with Crippen LogP contribution in [-0.2, 0) is 0 Å². The number of anilines is 2. The van der Waals surface area contributed by atoms with E-state index in [0.717, 1.165) is 31.1 Å². The summed E-state index contributed by atoms with van der Waals surface area (Å²) in [6, 6.07) is 21.1. The monoisotopic (exact) mass is 517 g/mol. The molecule has 0 fully saturated rings. The molecule has 8 heteroatoms. The Morgan fingerprint density at radius 1 is 1.03 bits per heavy atom. The maximum absolute atomic E-state index is 14.0. The van der Waals surface area contributed by atoms with Crippen molar-refractivity contribution in [3.63, 3.8) is 0 Å². The van der Waals surface area contributed by atoms with Gasteiger partial charge in [-0.2, -0.15) is 4.99 Å². The number of benzene rings is 3. The van der Waals surface area contributed by atoms with Crippen LogP contribution in [0, 0.1) is 5.82 Å². The van der Waals surface area contributed by atoms with Crippen molar-refractivity contribution >= 4 is 22.9 Å². The number of nitrogens with two attached hydrogens (primary N) is 1. The molecule has 3 rings (SSSR count). The molecule has 0 saturated heterocycles. The van der Waals surface area contributed by atoms with Crippen molar-refractivity contribution in [3.05, 3.63) is 103 Å². The van der Waals surface area contributed by atoms with Gasteiger partial charge in [-0.3, -0.25) is 0 Å². The first-order valence-corrected chi connectivity index (χ1v) is 12.6. The molecule has 38 heavy (non-hydrogen) atoms. The van der Waals surface area contributed by atoms with Crippen molar-refractivity contribution < 1.29 is 13.9 Å². The van der Waals surface area contributed by atoms with Crippen molar-refractivity contribution in [1.29, 1.82) is 0 Å². The van der Waals surface area contributed by atoms with Crippen LogP contribution in [0.4, 0.5) is 15.8 Å². The van der Waals surface area contributed by atoms with Crippen molar-refractivity contribution in [1.82, 2.24) is 4.90 Å². The summed E-state index contributed by atoms with van der Waals surface area (Å²) in [6.07, 6.45) is 1.60. The molecule has 0 aromatic heterocycles. The number of allylic oxidation sites excluding steroid dienone is 2. The van der Waals surface area contributed by atoms with Gasteiger partial charge in [-0.15, -0.1) is 0 Å². The van der Waals surface area contributed by atoms with Crippen LogP contribution < -0.4 is 25.8 Å². The molecule has 0 saturated carbocycles. The fraction of sp³-hybridized carbons (Fsp3) is 0.233. The lowest BCUT2D eigenvalue weighted by Crippen LogP contribution is -2.27. The highest BCUT2D eigenvalue weighted by atomic mass is 19.1. The molecule has 200 valence electrons. The van der Waals surface area contributed by atoms with E-state index in [-0.39, 0.29) is 11.8 Å². The Balaban J connectivity index is 1.84. The molecule has 0 aliphatic heterocycles. The van der Waals surface area contributed by atoms with Gasteiger partial charge in [-0.25, -0.2) is 4.39 Å². The summed E-state index contributed by atoms with van der Waals surface area (Å²) in [4.78, 5) is 6.90. The van der Waals surface area contributed by atoms with Gasteiger partial charge in [-0.05, 0) is 67.2 Å². The van der Waals surface area contributed by atoms with Crippen molar-refractivity contribution in [2.24, 2.45) is 10.7 Å². The normalized spacial score (nSPS) is 12.1. The molecule has 7 nitrogen and oxygen atoms in total. The minimum absolute atomic E-state index is 0.133. The SMILES string of the molecule is C=C/C(=C(\N=C(N)Nc1ccc(OCCN(CC)CC)cc1)Nc1ccccc1OC)c1cccc(F)c1. The summed E-state index contributed by atoms with van der Waals surface area (Å²) < 4.78 is 25.4. The van der Waals surface area contributed by atoms with E-state index in [1.165, 1.54) is 12.1 Å². The van der Waals surface area contributed by atoms with E-state index >= 15 is 0 Å². The van der Waals surface area contributed by atoms with Crippen LogP contribution in [0.2, 0.25) is 0 Å². The third-order valence-corrected chi connectivity index (χ3v) is 5.88. The molecule has 3 aromatic rings. The number of hydrogen-bond donors (Lipinski definition) is 3. The molecule has 0 bridgehead atoms. The van der Waals surface area contributed by atoms with E-state index in [0.29, 0.717) is 35.0 Å². The average Bonchev–Trinajstić information content (AvgIpc) is 2.93. The average molecular weight is 518 g/mol. The van der Waals surface area contributed by atoms with Gasteiger partial charge in [0.25, 0.3) is 0 Å². The molecule has 0 aliphatic carbocycles. The van der Waals surface area contributed by atoms with Gasteiger partial charge in [0.15, 0.2) is 5.96 Å². The number of methoxy groups -OCH3 is 1. The molecule has 0 atom stereocenters. The Labute approximate surface area is 224 Å². The number of halogens is 1. The van der Waals surface area contributed by atoms with E-state index in [2.05, 4.69) is 41.0 Å². The smallest absolute Gasteiger partial charge is 0.199 e. The first-order chi connectivity index (χ1) is 18.5. The van der Waals surface area contributed by atoms with Gasteiger partial charge < -0.3 is 30.7 Å². The minimum Gasteiger partial charge on any atom is -0.495 e. The van der Waals surface area contributed by atoms with Gasteiger partial charge in [0, 0.05) is 17.8 Å². The Hall–Kier alpha value is -4.30. The maximum Gasteiger partial charge on any atom is 0.199 e. The molecular formula is C30H36FN5O2. The number of hydrogen-bond acceptors (Lipinski definition) is 5. The van der Waals surface area contributed by atoms with Crippen LogP contribution >= 0.6 is 0 Å². The number of aliphatic imine (C=N–C) groups is 1. The number of guanidine groups is 1. The van der Waals surface area contributed by atoms with E-state index in [1.54, 1.807) is 25.3 Å². The van der Waals surface area contributed by atoms with E-state index in [1.807, 2.05) is 48.5 Å². The third-order valence-electron chi connectivity index (χ3n) is 5.88. The predicted octanol–water partition coefficient (Wildman–Crippen LogP) is 5.95. The molecule has 0 amide bonds. The van der Waals surface area contributed by atoms with Crippen LogP contribution in [0.3, 0.4) is 0 Å². The van der Waals surface area contributed by atoms with E-state index in [9.17, 15) is 4.39 Å². The number of nitrogens with one attached hydrogen (secondary N) is 2. The largest absolute Gasteiger partial charge is 0.495 e. The highest BCUT2D eigenvalue weighted by molar-refractivity contribution is 5.94. The Kier molecular flexibility index (Phi) is 10.7. The summed E-state index contributed by atoms with van der Waals surface area (Å²) in [5.74, 6) is 1.53. The summed E-state index contributed by atoms with van der Waals surface area (Å²) in [5.41, 5.74) is 8.88. The first-order valence-electron chi connectivity index (χ1n) is 12.6. The molecule has 4 N–H and O–H groups in total. The summed E-state index contributed by atoms with van der Waals surface area (Å²) in [6.45, 7) is 11.7. The fourth-order valence-corrected chi connectivity index (χ4v) is 3.80. The first kappa shape index (κ1) is 28.3. The molecule has 0 heterocycles. The lowest BCUT2D eigenvalue weighted by atomic mass is 10.1. The molecule has 0 spiro atoms. The van der Waals surface area contributed by atoms with E-state index < -0.39 is 0 Å². The minimum atomic E-state index is -0.368. The zero-order valence-electron chi connectivity index (χ0n) is 22.2. The quantitative estimate of drug-likeness (QED) is 0.148. The Morgan fingerprint density at radius 2 is 1.76 bits per heavy atom. The molecule has 3 aromatic carbocycles. The molecular weight excluding hydrogens is 481 g/mol. The van der Waals surface area contributed by atoms with Gasteiger partial charge >= 0.3 is 0 Å². The lowest BCUT2D eigenvalue weighted by Gasteiger charge is -2.18. The van der Waals surface area contributed by atoms with Crippen LogP contribution in [0.5, 0.6) is 11.5 Å². The number of nitrogens with zero attached hydrogens (tertiary/aromatic N) is 2. The van der Waals surface area contributed by atoms with E-state index in [4.69, 9.17) is 15.2 Å². The number of para-hydroxylation sites is 2. The third kappa shape index (κ3) is 8.11. The lowest BCUT2D eigenvalue weighted by molar-refractivity contribution is 0.223. The highest BCUT2D eigenvalue weighted by Crippen LogP contribution is 2.29. The van der Waals surface area contributed by atoms with Crippen molar-refractivity contribution in [2.75, 3.05) is 44.0 Å². The zero-order valence-corrected chi connectivity index (χ0v) is 22.2. The standard InChI is InChI=1S/C30H36FN5O2/c1-5-26(22-11-10-12-23(31)21-22)29(34-27-13-8-9-14-28(27)37-4)35-30(32)33-24-15-17-25(18-16-24)38-20-19-36(6-2)7-3/h5,8-18,21,34H,1,6-7,19-20H2,2-4H3,(H3,32,33,35)/b29-26+. The topological polar surface area (TPSA) is 84.1 Å². The molecule has 0 aliphatic rings. The highest BCUT2D eigenvalue weighted by Gasteiger charge is 2.12. The predicted molar refractivity (Wildman–Crippen MR) is 155 cm³/mol. The molecule has 0 unspecified atom stereocenters. The zero-order chi connectivity index (χ0) is 27.3. The van der Waals surface area contributed by atoms with Crippen molar-refractivity contribution in [2.45, 2.75) is 13.8 Å². The summed E-state index contributed by atoms with van der Waals surface area (Å²) >= 11 is 0. The van der Waals surface area contributed by atoms with Crippen molar-refractivity contribution in [3.8, 4) is 11.5 Å².